The minimum absolute atomic E-state index is 0.227. The maximum Gasteiger partial charge on any atom is 0.356 e. The number of aromatic nitrogens is 2. The monoisotopic (exact) mass is 198 g/mol. The predicted molar refractivity (Wildman–Crippen MR) is 50.0 cm³/mol. The lowest BCUT2D eigenvalue weighted by atomic mass is 10.1. The van der Waals surface area contributed by atoms with Gasteiger partial charge in [0.05, 0.1) is 0 Å². The Labute approximate surface area is 79.9 Å². The summed E-state index contributed by atoms with van der Waals surface area (Å²) in [6, 6.07) is 0. The normalized spacial score (nSPS) is 15.5. The zero-order valence-corrected chi connectivity index (χ0v) is 8.10. The number of thioether (sulfide) groups is 1. The van der Waals surface area contributed by atoms with Crippen LogP contribution < -0.4 is 0 Å². The molecule has 0 saturated carbocycles. The topological polar surface area (TPSA) is 55.1 Å². The van der Waals surface area contributed by atoms with Crippen LogP contribution in [0.1, 0.15) is 21.7 Å². The molecule has 4 nitrogen and oxygen atoms in total. The average molecular weight is 198 g/mol. The molecule has 0 radical (unpaired) electrons. The summed E-state index contributed by atoms with van der Waals surface area (Å²) in [7, 11) is 1.81. The molecule has 0 aromatic carbocycles. The molecule has 0 amide bonds. The Morgan fingerprint density at radius 3 is 3.15 bits per heavy atom. The molecular formula is C8H10N2O2S. The van der Waals surface area contributed by atoms with Crippen molar-refractivity contribution >= 4 is 17.7 Å². The van der Waals surface area contributed by atoms with Crippen LogP contribution in [0.15, 0.2) is 0 Å². The van der Waals surface area contributed by atoms with Gasteiger partial charge in [-0.05, 0) is 12.2 Å². The van der Waals surface area contributed by atoms with Crippen molar-refractivity contribution < 1.29 is 9.90 Å². The summed E-state index contributed by atoms with van der Waals surface area (Å²) < 4.78 is 1.69. The number of carbonyl (C=O) groups is 1. The Kier molecular flexibility index (Phi) is 2.03. The van der Waals surface area contributed by atoms with Crippen LogP contribution in [0.3, 0.4) is 0 Å². The fourth-order valence-corrected chi connectivity index (χ4v) is 2.57. The van der Waals surface area contributed by atoms with Crippen molar-refractivity contribution in [3.8, 4) is 0 Å². The van der Waals surface area contributed by atoms with Crippen LogP contribution in [0.25, 0.3) is 0 Å². The number of aromatic carboxylic acids is 1. The Balaban J connectivity index is 2.53. The molecule has 1 aromatic rings. The van der Waals surface area contributed by atoms with Crippen LogP contribution in [-0.4, -0.2) is 26.6 Å². The summed E-state index contributed by atoms with van der Waals surface area (Å²) >= 11 is 1.77. The van der Waals surface area contributed by atoms with Gasteiger partial charge >= 0.3 is 5.97 Å². The van der Waals surface area contributed by atoms with E-state index in [-0.39, 0.29) is 5.69 Å². The fourth-order valence-electron chi connectivity index (χ4n) is 1.58. The van der Waals surface area contributed by atoms with Gasteiger partial charge < -0.3 is 5.11 Å². The van der Waals surface area contributed by atoms with Crippen LogP contribution in [0.5, 0.6) is 0 Å². The van der Waals surface area contributed by atoms with Crippen LogP contribution in [0.2, 0.25) is 0 Å². The number of nitrogens with zero attached hydrogens (tertiary/aromatic N) is 2. The molecule has 1 aliphatic heterocycles. The quantitative estimate of drug-likeness (QED) is 0.728. The highest BCUT2D eigenvalue weighted by Crippen LogP contribution is 2.26. The number of hydrogen-bond donors (Lipinski definition) is 1. The first kappa shape index (κ1) is 8.62. The van der Waals surface area contributed by atoms with E-state index in [1.807, 2.05) is 0 Å². The first-order valence-corrected chi connectivity index (χ1v) is 5.21. The minimum Gasteiger partial charge on any atom is -0.476 e. The van der Waals surface area contributed by atoms with Gasteiger partial charge in [0.2, 0.25) is 0 Å². The number of aryl methyl sites for hydroxylation is 1. The van der Waals surface area contributed by atoms with Gasteiger partial charge in [0.25, 0.3) is 0 Å². The van der Waals surface area contributed by atoms with Crippen molar-refractivity contribution in [3.63, 3.8) is 0 Å². The fraction of sp³-hybridized carbons (Fsp3) is 0.500. The molecule has 0 saturated heterocycles. The molecule has 0 unspecified atom stereocenters. The van der Waals surface area contributed by atoms with Crippen LogP contribution in [0, 0.1) is 0 Å². The lowest BCUT2D eigenvalue weighted by Gasteiger charge is -2.11. The molecule has 5 heteroatoms. The SMILES string of the molecule is Cn1nc(C(=O)O)c2c1CCSC2. The third-order valence-corrected chi connectivity index (χ3v) is 3.19. The molecular weight excluding hydrogens is 188 g/mol. The van der Waals surface area contributed by atoms with Crippen LogP contribution >= 0.6 is 11.8 Å². The molecule has 1 N–H and O–H groups in total. The second-order valence-corrected chi connectivity index (χ2v) is 4.11. The minimum atomic E-state index is -0.917. The lowest BCUT2D eigenvalue weighted by molar-refractivity contribution is 0.0689. The third-order valence-electron chi connectivity index (χ3n) is 2.21. The van der Waals surface area contributed by atoms with E-state index in [0.29, 0.717) is 0 Å². The highest BCUT2D eigenvalue weighted by atomic mass is 32.2. The molecule has 70 valence electrons. The molecule has 2 heterocycles. The van der Waals surface area contributed by atoms with Gasteiger partial charge in [-0.1, -0.05) is 0 Å². The van der Waals surface area contributed by atoms with Crippen molar-refractivity contribution in [2.45, 2.75) is 12.2 Å². The number of rotatable bonds is 1. The summed E-state index contributed by atoms with van der Waals surface area (Å²) in [5, 5.41) is 12.9. The Morgan fingerprint density at radius 2 is 2.46 bits per heavy atom. The molecule has 0 aliphatic carbocycles. The van der Waals surface area contributed by atoms with Gasteiger partial charge in [-0.3, -0.25) is 4.68 Å². The standard InChI is InChI=1S/C8H10N2O2S/c1-10-6-2-3-13-4-5(6)7(9-10)8(11)12/h2-4H2,1H3,(H,11,12). The number of carboxylic acids is 1. The molecule has 0 atom stereocenters. The summed E-state index contributed by atoms with van der Waals surface area (Å²) in [5.41, 5.74) is 2.21. The van der Waals surface area contributed by atoms with Gasteiger partial charge in [0, 0.05) is 24.1 Å². The Hall–Kier alpha value is -0.970. The highest BCUT2D eigenvalue weighted by Gasteiger charge is 2.23. The van der Waals surface area contributed by atoms with Crippen molar-refractivity contribution in [3.05, 3.63) is 17.0 Å². The zero-order chi connectivity index (χ0) is 9.42. The number of carboxylic acid groups (broad SMARTS) is 1. The van der Waals surface area contributed by atoms with E-state index >= 15 is 0 Å². The van der Waals surface area contributed by atoms with E-state index in [4.69, 9.17) is 5.11 Å². The van der Waals surface area contributed by atoms with Crippen molar-refractivity contribution in [1.82, 2.24) is 9.78 Å². The third kappa shape index (κ3) is 1.33. The number of hydrogen-bond acceptors (Lipinski definition) is 3. The molecule has 2 rings (SSSR count). The second-order valence-electron chi connectivity index (χ2n) is 3.01. The maximum absolute atomic E-state index is 10.8. The maximum atomic E-state index is 10.8. The van der Waals surface area contributed by atoms with Crippen LogP contribution in [-0.2, 0) is 19.2 Å². The molecule has 1 aliphatic rings. The van der Waals surface area contributed by atoms with Gasteiger partial charge in [-0.25, -0.2) is 4.79 Å². The molecule has 0 bridgehead atoms. The second kappa shape index (κ2) is 3.06. The first-order chi connectivity index (χ1) is 6.20. The van der Waals surface area contributed by atoms with Gasteiger partial charge in [-0.15, -0.1) is 0 Å². The Bertz CT molecular complexity index is 359. The molecule has 1 aromatic heterocycles. The van der Waals surface area contributed by atoms with E-state index < -0.39 is 5.97 Å². The summed E-state index contributed by atoms with van der Waals surface area (Å²) in [6.07, 6.45) is 0.927. The summed E-state index contributed by atoms with van der Waals surface area (Å²) in [4.78, 5) is 10.8. The number of fused-ring (bicyclic) bond motifs is 1. The first-order valence-electron chi connectivity index (χ1n) is 4.06. The van der Waals surface area contributed by atoms with Gasteiger partial charge in [0.1, 0.15) is 0 Å². The van der Waals surface area contributed by atoms with E-state index in [1.165, 1.54) is 0 Å². The van der Waals surface area contributed by atoms with Crippen molar-refractivity contribution in [2.24, 2.45) is 7.05 Å². The van der Waals surface area contributed by atoms with Gasteiger partial charge in [0.15, 0.2) is 5.69 Å². The zero-order valence-electron chi connectivity index (χ0n) is 7.28. The smallest absolute Gasteiger partial charge is 0.356 e. The molecule has 0 fully saturated rings. The summed E-state index contributed by atoms with van der Waals surface area (Å²) in [5.74, 6) is 0.926. The highest BCUT2D eigenvalue weighted by molar-refractivity contribution is 7.98. The van der Waals surface area contributed by atoms with Crippen molar-refractivity contribution in [1.29, 1.82) is 0 Å². The molecule has 0 spiro atoms. The van der Waals surface area contributed by atoms with Crippen molar-refractivity contribution in [2.75, 3.05) is 5.75 Å². The molecule has 13 heavy (non-hydrogen) atoms. The van der Waals surface area contributed by atoms with E-state index in [1.54, 1.807) is 23.5 Å². The summed E-state index contributed by atoms with van der Waals surface area (Å²) in [6.45, 7) is 0. The largest absolute Gasteiger partial charge is 0.476 e. The van der Waals surface area contributed by atoms with Crippen LogP contribution in [0.4, 0.5) is 0 Å². The van der Waals surface area contributed by atoms with E-state index in [0.717, 1.165) is 29.2 Å². The van der Waals surface area contributed by atoms with Gasteiger partial charge in [-0.2, -0.15) is 16.9 Å². The predicted octanol–water partition coefficient (Wildman–Crippen LogP) is 0.908. The Morgan fingerprint density at radius 1 is 1.69 bits per heavy atom. The van der Waals surface area contributed by atoms with E-state index in [9.17, 15) is 4.79 Å². The average Bonchev–Trinajstić information content (AvgIpc) is 2.45. The van der Waals surface area contributed by atoms with E-state index in [2.05, 4.69) is 5.10 Å². The lowest BCUT2D eigenvalue weighted by Crippen LogP contribution is -2.07.